The largest absolute Gasteiger partial charge is 0.313 e. The van der Waals surface area contributed by atoms with Crippen LogP contribution in [0.2, 0.25) is 5.02 Å². The lowest BCUT2D eigenvalue weighted by Gasteiger charge is -2.17. The Labute approximate surface area is 114 Å². The molecule has 2 aromatic rings. The van der Waals surface area contributed by atoms with Crippen LogP contribution in [0.5, 0.6) is 0 Å². The Hall–Kier alpha value is -1.31. The molecule has 0 aliphatic heterocycles. The Morgan fingerprint density at radius 2 is 1.83 bits per heavy atom. The molecule has 0 bridgehead atoms. The maximum absolute atomic E-state index is 6.04. The fourth-order valence-corrected chi connectivity index (χ4v) is 2.36. The number of hydrogen-bond acceptors (Lipinski definition) is 1. The number of hydrogen-bond donors (Lipinski definition) is 1. The van der Waals surface area contributed by atoms with Gasteiger partial charge >= 0.3 is 0 Å². The molecule has 94 valence electrons. The van der Waals surface area contributed by atoms with Gasteiger partial charge in [0.1, 0.15) is 0 Å². The Morgan fingerprint density at radius 1 is 1.06 bits per heavy atom. The average molecular weight is 260 g/mol. The molecule has 1 atom stereocenters. The Morgan fingerprint density at radius 3 is 2.50 bits per heavy atom. The molecular formula is C16H18ClN. The first-order valence-electron chi connectivity index (χ1n) is 6.26. The first-order valence-corrected chi connectivity index (χ1v) is 6.64. The number of aryl methyl sites for hydroxylation is 1. The summed E-state index contributed by atoms with van der Waals surface area (Å²) in [5, 5.41) is 4.16. The zero-order chi connectivity index (χ0) is 12.8. The molecule has 0 amide bonds. The van der Waals surface area contributed by atoms with E-state index in [4.69, 9.17) is 11.6 Å². The van der Waals surface area contributed by atoms with Crippen molar-refractivity contribution >= 4 is 11.6 Å². The van der Waals surface area contributed by atoms with E-state index in [-0.39, 0.29) is 0 Å². The molecular weight excluding hydrogens is 242 g/mol. The monoisotopic (exact) mass is 259 g/mol. The summed E-state index contributed by atoms with van der Waals surface area (Å²) in [5.74, 6) is 0. The highest BCUT2D eigenvalue weighted by atomic mass is 35.5. The third kappa shape index (κ3) is 3.59. The minimum Gasteiger partial charge on any atom is -0.313 e. The number of nitrogens with one attached hydrogen (secondary N) is 1. The van der Waals surface area contributed by atoms with E-state index in [1.807, 2.05) is 25.2 Å². The molecule has 0 fully saturated rings. The van der Waals surface area contributed by atoms with Crippen LogP contribution >= 0.6 is 11.6 Å². The van der Waals surface area contributed by atoms with Crippen LogP contribution in [-0.2, 0) is 6.42 Å². The first-order chi connectivity index (χ1) is 8.79. The maximum Gasteiger partial charge on any atom is 0.0409 e. The minimum absolute atomic E-state index is 0.351. The zero-order valence-corrected chi connectivity index (χ0v) is 11.3. The molecule has 0 radical (unpaired) electrons. The SMILES string of the molecule is CNC(CCc1ccccc1)c1cccc(Cl)c1. The van der Waals surface area contributed by atoms with Gasteiger partial charge in [-0.05, 0) is 43.1 Å². The zero-order valence-electron chi connectivity index (χ0n) is 10.6. The smallest absolute Gasteiger partial charge is 0.0409 e. The van der Waals surface area contributed by atoms with E-state index in [1.165, 1.54) is 11.1 Å². The van der Waals surface area contributed by atoms with E-state index < -0.39 is 0 Å². The predicted octanol–water partition coefficient (Wildman–Crippen LogP) is 4.23. The van der Waals surface area contributed by atoms with Gasteiger partial charge in [-0.1, -0.05) is 54.1 Å². The van der Waals surface area contributed by atoms with Crippen molar-refractivity contribution in [1.29, 1.82) is 0 Å². The summed E-state index contributed by atoms with van der Waals surface area (Å²) >= 11 is 6.04. The van der Waals surface area contributed by atoms with Crippen molar-refractivity contribution in [3.63, 3.8) is 0 Å². The van der Waals surface area contributed by atoms with Crippen molar-refractivity contribution in [2.45, 2.75) is 18.9 Å². The summed E-state index contributed by atoms with van der Waals surface area (Å²) in [6, 6.07) is 19.0. The normalized spacial score (nSPS) is 12.3. The van der Waals surface area contributed by atoms with Crippen LogP contribution in [0.4, 0.5) is 0 Å². The molecule has 1 unspecified atom stereocenters. The summed E-state index contributed by atoms with van der Waals surface area (Å²) in [7, 11) is 2.00. The molecule has 0 aromatic heterocycles. The molecule has 0 saturated carbocycles. The molecule has 2 heteroatoms. The lowest BCUT2D eigenvalue weighted by Crippen LogP contribution is -2.17. The predicted molar refractivity (Wildman–Crippen MR) is 78.0 cm³/mol. The first kappa shape index (κ1) is 13.1. The second-order valence-corrected chi connectivity index (χ2v) is 4.86. The molecule has 0 spiro atoms. The fourth-order valence-electron chi connectivity index (χ4n) is 2.16. The molecule has 0 aliphatic rings. The highest BCUT2D eigenvalue weighted by Gasteiger charge is 2.09. The van der Waals surface area contributed by atoms with Crippen molar-refractivity contribution in [2.24, 2.45) is 0 Å². The molecule has 0 heterocycles. The maximum atomic E-state index is 6.04. The quantitative estimate of drug-likeness (QED) is 0.847. The Kier molecular flexibility index (Phi) is 4.80. The Bertz CT molecular complexity index is 481. The van der Waals surface area contributed by atoms with Crippen LogP contribution in [-0.4, -0.2) is 7.05 Å². The standard InChI is InChI=1S/C16H18ClN/c1-18-16(14-8-5-9-15(17)12-14)11-10-13-6-3-2-4-7-13/h2-9,12,16,18H,10-11H2,1H3. The minimum atomic E-state index is 0.351. The van der Waals surface area contributed by atoms with Gasteiger partial charge in [-0.2, -0.15) is 0 Å². The molecule has 18 heavy (non-hydrogen) atoms. The van der Waals surface area contributed by atoms with Gasteiger partial charge in [0.25, 0.3) is 0 Å². The third-order valence-corrected chi connectivity index (χ3v) is 3.40. The van der Waals surface area contributed by atoms with E-state index >= 15 is 0 Å². The van der Waals surface area contributed by atoms with Gasteiger partial charge in [-0.25, -0.2) is 0 Å². The van der Waals surface area contributed by atoms with Gasteiger partial charge in [0.05, 0.1) is 0 Å². The third-order valence-electron chi connectivity index (χ3n) is 3.16. The lowest BCUT2D eigenvalue weighted by atomic mass is 9.99. The highest BCUT2D eigenvalue weighted by molar-refractivity contribution is 6.30. The summed E-state index contributed by atoms with van der Waals surface area (Å²) in [6.07, 6.45) is 2.14. The summed E-state index contributed by atoms with van der Waals surface area (Å²) in [4.78, 5) is 0. The Balaban J connectivity index is 2.02. The van der Waals surface area contributed by atoms with Crippen molar-refractivity contribution < 1.29 is 0 Å². The molecule has 1 nitrogen and oxygen atoms in total. The molecule has 2 aromatic carbocycles. The van der Waals surface area contributed by atoms with Crippen molar-refractivity contribution in [2.75, 3.05) is 7.05 Å². The van der Waals surface area contributed by atoms with E-state index in [2.05, 4.69) is 41.7 Å². The summed E-state index contributed by atoms with van der Waals surface area (Å²) < 4.78 is 0. The average Bonchev–Trinajstić information content (AvgIpc) is 2.41. The van der Waals surface area contributed by atoms with Gasteiger partial charge in [0.2, 0.25) is 0 Å². The van der Waals surface area contributed by atoms with Crippen LogP contribution in [0, 0.1) is 0 Å². The molecule has 1 N–H and O–H groups in total. The van der Waals surface area contributed by atoms with Crippen LogP contribution in [0.25, 0.3) is 0 Å². The fraction of sp³-hybridized carbons (Fsp3) is 0.250. The molecule has 0 aliphatic carbocycles. The second kappa shape index (κ2) is 6.58. The highest BCUT2D eigenvalue weighted by Crippen LogP contribution is 2.21. The molecule has 0 saturated heterocycles. The van der Waals surface area contributed by atoms with Crippen LogP contribution in [0.15, 0.2) is 54.6 Å². The van der Waals surface area contributed by atoms with Crippen LogP contribution in [0.1, 0.15) is 23.6 Å². The summed E-state index contributed by atoms with van der Waals surface area (Å²) in [6.45, 7) is 0. The van der Waals surface area contributed by atoms with E-state index in [1.54, 1.807) is 0 Å². The van der Waals surface area contributed by atoms with Gasteiger partial charge in [0.15, 0.2) is 0 Å². The number of halogens is 1. The van der Waals surface area contributed by atoms with Gasteiger partial charge in [-0.3, -0.25) is 0 Å². The van der Waals surface area contributed by atoms with E-state index in [0.29, 0.717) is 6.04 Å². The van der Waals surface area contributed by atoms with E-state index in [0.717, 1.165) is 17.9 Å². The van der Waals surface area contributed by atoms with Gasteiger partial charge in [0, 0.05) is 11.1 Å². The second-order valence-electron chi connectivity index (χ2n) is 4.42. The lowest BCUT2D eigenvalue weighted by molar-refractivity contribution is 0.549. The van der Waals surface area contributed by atoms with Crippen LogP contribution < -0.4 is 5.32 Å². The topological polar surface area (TPSA) is 12.0 Å². The number of benzene rings is 2. The van der Waals surface area contributed by atoms with Gasteiger partial charge in [-0.15, -0.1) is 0 Å². The summed E-state index contributed by atoms with van der Waals surface area (Å²) in [5.41, 5.74) is 2.63. The molecule has 2 rings (SSSR count). The van der Waals surface area contributed by atoms with E-state index in [9.17, 15) is 0 Å². The van der Waals surface area contributed by atoms with Crippen molar-refractivity contribution in [3.8, 4) is 0 Å². The van der Waals surface area contributed by atoms with Crippen molar-refractivity contribution in [1.82, 2.24) is 5.32 Å². The van der Waals surface area contributed by atoms with Crippen molar-refractivity contribution in [3.05, 3.63) is 70.7 Å². The van der Waals surface area contributed by atoms with Crippen LogP contribution in [0.3, 0.4) is 0 Å². The van der Waals surface area contributed by atoms with Gasteiger partial charge < -0.3 is 5.32 Å². The number of rotatable bonds is 5.